The van der Waals surface area contributed by atoms with Crippen molar-refractivity contribution in [3.05, 3.63) is 57.6 Å². The molecule has 2 unspecified atom stereocenters. The summed E-state index contributed by atoms with van der Waals surface area (Å²) in [7, 11) is 0. The van der Waals surface area contributed by atoms with Gasteiger partial charge in [0, 0.05) is 10.2 Å². The third-order valence-electron chi connectivity index (χ3n) is 4.28. The quantitative estimate of drug-likeness (QED) is 0.542. The molecule has 1 aliphatic heterocycles. The number of rotatable bonds is 4. The SMILES string of the molecule is Cc1ccc(NC(=O)C2NNNC2Nc2ccc(C)c(C)c2)c(Br)c1. The molecule has 132 valence electrons. The average molecular weight is 404 g/mol. The van der Waals surface area contributed by atoms with Gasteiger partial charge in [-0.2, -0.15) is 5.53 Å². The Hall–Kier alpha value is -1.93. The van der Waals surface area contributed by atoms with E-state index in [2.05, 4.69) is 68.9 Å². The molecule has 1 heterocycles. The van der Waals surface area contributed by atoms with E-state index < -0.39 is 6.04 Å². The Balaban J connectivity index is 1.69. The van der Waals surface area contributed by atoms with Crippen molar-refractivity contribution >= 4 is 33.2 Å². The smallest absolute Gasteiger partial charge is 0.246 e. The molecule has 3 rings (SSSR count). The minimum Gasteiger partial charge on any atom is -0.367 e. The first-order valence-electron chi connectivity index (χ1n) is 8.11. The van der Waals surface area contributed by atoms with Crippen LogP contribution in [0.1, 0.15) is 16.7 Å². The molecule has 6 nitrogen and oxygen atoms in total. The van der Waals surface area contributed by atoms with Gasteiger partial charge >= 0.3 is 0 Å². The number of carbonyl (C=O) groups is 1. The van der Waals surface area contributed by atoms with E-state index in [0.717, 1.165) is 21.4 Å². The van der Waals surface area contributed by atoms with E-state index in [4.69, 9.17) is 0 Å². The molecule has 5 N–H and O–H groups in total. The number of benzene rings is 2. The number of halogens is 1. The van der Waals surface area contributed by atoms with Crippen molar-refractivity contribution in [1.29, 1.82) is 0 Å². The molecule has 0 spiro atoms. The standard InChI is InChI=1S/C18H22BrN5O/c1-10-4-7-15(14(19)8-10)21-18(25)16-17(23-24-22-16)20-13-6-5-11(2)12(3)9-13/h4-9,16-17,20,22-24H,1-3H3,(H,21,25). The molecule has 0 radical (unpaired) electrons. The van der Waals surface area contributed by atoms with Crippen LogP contribution in [0.5, 0.6) is 0 Å². The number of hydrogen-bond acceptors (Lipinski definition) is 5. The van der Waals surface area contributed by atoms with Crippen molar-refractivity contribution in [3.8, 4) is 0 Å². The van der Waals surface area contributed by atoms with Crippen molar-refractivity contribution in [3.63, 3.8) is 0 Å². The van der Waals surface area contributed by atoms with Gasteiger partial charge in [-0.05, 0) is 77.7 Å². The molecule has 1 amide bonds. The van der Waals surface area contributed by atoms with Crippen LogP contribution in [0.4, 0.5) is 11.4 Å². The Labute approximate surface area is 155 Å². The minimum atomic E-state index is -0.477. The van der Waals surface area contributed by atoms with Crippen LogP contribution in [0.2, 0.25) is 0 Å². The van der Waals surface area contributed by atoms with E-state index >= 15 is 0 Å². The summed E-state index contributed by atoms with van der Waals surface area (Å²) in [5, 5.41) is 6.29. The largest absolute Gasteiger partial charge is 0.367 e. The van der Waals surface area contributed by atoms with Gasteiger partial charge in [0.2, 0.25) is 5.91 Å². The Bertz CT molecular complexity index is 795. The van der Waals surface area contributed by atoms with Crippen molar-refractivity contribution in [1.82, 2.24) is 16.4 Å². The fraction of sp³-hybridized carbons (Fsp3) is 0.278. The molecular weight excluding hydrogens is 382 g/mol. The predicted molar refractivity (Wildman–Crippen MR) is 104 cm³/mol. The number of hydrogen-bond donors (Lipinski definition) is 5. The van der Waals surface area contributed by atoms with Crippen LogP contribution in [0, 0.1) is 20.8 Å². The highest BCUT2D eigenvalue weighted by molar-refractivity contribution is 9.10. The second-order valence-corrected chi connectivity index (χ2v) is 7.14. The molecule has 2 aromatic rings. The molecule has 25 heavy (non-hydrogen) atoms. The van der Waals surface area contributed by atoms with Crippen LogP contribution in [0.25, 0.3) is 0 Å². The van der Waals surface area contributed by atoms with Crippen LogP contribution in [-0.2, 0) is 4.79 Å². The molecule has 1 fully saturated rings. The average Bonchev–Trinajstić information content (AvgIpc) is 3.02. The van der Waals surface area contributed by atoms with Gasteiger partial charge in [-0.15, -0.1) is 0 Å². The first-order valence-corrected chi connectivity index (χ1v) is 8.90. The first-order chi connectivity index (χ1) is 11.9. The van der Waals surface area contributed by atoms with Gasteiger partial charge in [0.05, 0.1) is 5.69 Å². The maximum Gasteiger partial charge on any atom is 0.246 e. The Morgan fingerprint density at radius 2 is 1.84 bits per heavy atom. The Kier molecular flexibility index (Phi) is 5.39. The molecule has 0 aliphatic carbocycles. The van der Waals surface area contributed by atoms with Gasteiger partial charge in [-0.25, -0.2) is 10.9 Å². The lowest BCUT2D eigenvalue weighted by molar-refractivity contribution is -0.118. The number of nitrogens with one attached hydrogen (secondary N) is 5. The van der Waals surface area contributed by atoms with Gasteiger partial charge in [-0.3, -0.25) is 4.79 Å². The summed E-state index contributed by atoms with van der Waals surface area (Å²) >= 11 is 3.49. The van der Waals surface area contributed by atoms with Crippen LogP contribution >= 0.6 is 15.9 Å². The van der Waals surface area contributed by atoms with Crippen LogP contribution in [-0.4, -0.2) is 18.1 Å². The summed E-state index contributed by atoms with van der Waals surface area (Å²) in [5.41, 5.74) is 14.1. The summed E-state index contributed by atoms with van der Waals surface area (Å²) in [6, 6.07) is 11.5. The first kappa shape index (κ1) is 17.9. The lowest BCUT2D eigenvalue weighted by Crippen LogP contribution is -2.48. The van der Waals surface area contributed by atoms with Crippen LogP contribution < -0.4 is 27.0 Å². The molecule has 7 heteroatoms. The molecule has 0 aromatic heterocycles. The number of amides is 1. The van der Waals surface area contributed by atoms with Crippen LogP contribution in [0.15, 0.2) is 40.9 Å². The van der Waals surface area contributed by atoms with Gasteiger partial charge in [0.25, 0.3) is 0 Å². The Morgan fingerprint density at radius 1 is 1.04 bits per heavy atom. The van der Waals surface area contributed by atoms with Gasteiger partial charge in [0.15, 0.2) is 0 Å². The molecule has 2 aromatic carbocycles. The highest BCUT2D eigenvalue weighted by Crippen LogP contribution is 2.24. The second-order valence-electron chi connectivity index (χ2n) is 6.28. The van der Waals surface area contributed by atoms with E-state index in [1.807, 2.05) is 31.2 Å². The zero-order valence-corrected chi connectivity index (χ0v) is 16.0. The molecule has 1 aliphatic rings. The predicted octanol–water partition coefficient (Wildman–Crippen LogP) is 2.73. The lowest BCUT2D eigenvalue weighted by Gasteiger charge is -2.21. The fourth-order valence-corrected chi connectivity index (χ4v) is 3.24. The minimum absolute atomic E-state index is 0.136. The highest BCUT2D eigenvalue weighted by atomic mass is 79.9. The molecule has 1 saturated heterocycles. The van der Waals surface area contributed by atoms with Gasteiger partial charge in [0.1, 0.15) is 12.2 Å². The summed E-state index contributed by atoms with van der Waals surface area (Å²) in [4.78, 5) is 12.7. The van der Waals surface area contributed by atoms with E-state index in [9.17, 15) is 4.79 Å². The van der Waals surface area contributed by atoms with Gasteiger partial charge in [-0.1, -0.05) is 12.1 Å². The summed E-state index contributed by atoms with van der Waals surface area (Å²) < 4.78 is 0.860. The monoisotopic (exact) mass is 403 g/mol. The summed E-state index contributed by atoms with van der Waals surface area (Å²) in [6.45, 7) is 6.15. The third kappa shape index (κ3) is 4.19. The van der Waals surface area contributed by atoms with Crippen molar-refractivity contribution < 1.29 is 4.79 Å². The topological polar surface area (TPSA) is 77.2 Å². The molecule has 0 saturated carbocycles. The lowest BCUT2D eigenvalue weighted by atomic mass is 10.1. The number of hydrazine groups is 2. The fourth-order valence-electron chi connectivity index (χ4n) is 2.64. The number of aryl methyl sites for hydroxylation is 3. The van der Waals surface area contributed by atoms with E-state index in [0.29, 0.717) is 0 Å². The molecular formula is C18H22BrN5O. The van der Waals surface area contributed by atoms with Crippen molar-refractivity contribution in [2.24, 2.45) is 0 Å². The van der Waals surface area contributed by atoms with E-state index in [1.54, 1.807) is 0 Å². The summed E-state index contributed by atoms with van der Waals surface area (Å²) in [5.74, 6) is -0.136. The van der Waals surface area contributed by atoms with Crippen molar-refractivity contribution in [2.75, 3.05) is 10.6 Å². The van der Waals surface area contributed by atoms with E-state index in [-0.39, 0.29) is 12.1 Å². The summed E-state index contributed by atoms with van der Waals surface area (Å²) in [6.07, 6.45) is -0.286. The normalized spacial score (nSPS) is 19.7. The van der Waals surface area contributed by atoms with Crippen molar-refractivity contribution in [2.45, 2.75) is 33.0 Å². The highest BCUT2D eigenvalue weighted by Gasteiger charge is 2.33. The molecule has 2 atom stereocenters. The third-order valence-corrected chi connectivity index (χ3v) is 4.94. The maximum absolute atomic E-state index is 12.7. The second kappa shape index (κ2) is 7.53. The Morgan fingerprint density at radius 3 is 2.56 bits per heavy atom. The van der Waals surface area contributed by atoms with Gasteiger partial charge < -0.3 is 10.6 Å². The molecule has 0 bridgehead atoms. The van der Waals surface area contributed by atoms with Crippen LogP contribution in [0.3, 0.4) is 0 Å². The number of carbonyl (C=O) groups excluding carboxylic acids is 1. The zero-order valence-electron chi connectivity index (χ0n) is 14.4. The van der Waals surface area contributed by atoms with E-state index in [1.165, 1.54) is 11.1 Å². The maximum atomic E-state index is 12.7. The zero-order chi connectivity index (χ0) is 18.0. The number of anilines is 2.